The lowest BCUT2D eigenvalue weighted by molar-refractivity contribution is -0.188. The molecule has 0 saturated carbocycles. The molecule has 3 rings (SSSR count). The molecule has 6 heteroatoms. The topological polar surface area (TPSA) is 83.2 Å². The fourth-order valence-electron chi connectivity index (χ4n) is 3.47. The molecular formula is C24H24N2O3S. The highest BCUT2D eigenvalue weighted by atomic mass is 32.1. The molecule has 0 spiro atoms. The van der Waals surface area contributed by atoms with Crippen molar-refractivity contribution in [1.82, 2.24) is 4.98 Å². The van der Waals surface area contributed by atoms with Crippen molar-refractivity contribution in [2.45, 2.75) is 44.8 Å². The van der Waals surface area contributed by atoms with Crippen LogP contribution in [-0.2, 0) is 28.0 Å². The average Bonchev–Trinajstić information content (AvgIpc) is 3.23. The number of nitrogens with zero attached hydrogens (tertiary/aromatic N) is 2. The summed E-state index contributed by atoms with van der Waals surface area (Å²) in [5.74, 6) is -1.06. The molecule has 0 radical (unpaired) electrons. The number of aliphatic carboxylic acids is 1. The van der Waals surface area contributed by atoms with Gasteiger partial charge in [0, 0.05) is 11.8 Å². The maximum Gasteiger partial charge on any atom is 0.342 e. The Morgan fingerprint density at radius 1 is 1.17 bits per heavy atom. The Labute approximate surface area is 180 Å². The minimum atomic E-state index is -1.57. The van der Waals surface area contributed by atoms with Crippen LogP contribution < -0.4 is 0 Å². The van der Waals surface area contributed by atoms with E-state index >= 15 is 0 Å². The number of ether oxygens (including phenoxy) is 1. The van der Waals surface area contributed by atoms with Crippen molar-refractivity contribution >= 4 is 17.3 Å². The average molecular weight is 421 g/mol. The number of hydrogen-bond donors (Lipinski definition) is 1. The number of thiazole rings is 1. The first-order valence-corrected chi connectivity index (χ1v) is 10.6. The van der Waals surface area contributed by atoms with Crippen molar-refractivity contribution in [3.63, 3.8) is 0 Å². The second-order valence-corrected chi connectivity index (χ2v) is 8.80. The summed E-state index contributed by atoms with van der Waals surface area (Å²) in [6.45, 7) is 5.52. The Balaban J connectivity index is 1.97. The minimum absolute atomic E-state index is 0.156. The van der Waals surface area contributed by atoms with E-state index in [4.69, 9.17) is 10.00 Å². The monoisotopic (exact) mass is 420 g/mol. The van der Waals surface area contributed by atoms with Crippen LogP contribution in [0.1, 0.15) is 37.6 Å². The summed E-state index contributed by atoms with van der Waals surface area (Å²) >= 11 is 1.35. The first kappa shape index (κ1) is 21.7. The van der Waals surface area contributed by atoms with Crippen LogP contribution in [0.5, 0.6) is 0 Å². The van der Waals surface area contributed by atoms with Crippen molar-refractivity contribution in [1.29, 1.82) is 5.26 Å². The van der Waals surface area contributed by atoms with Crippen molar-refractivity contribution < 1.29 is 14.6 Å². The van der Waals surface area contributed by atoms with Gasteiger partial charge in [0.1, 0.15) is 0 Å². The molecule has 0 amide bonds. The number of aromatic nitrogens is 1. The van der Waals surface area contributed by atoms with Gasteiger partial charge in [0.05, 0.1) is 29.3 Å². The smallest absolute Gasteiger partial charge is 0.342 e. The summed E-state index contributed by atoms with van der Waals surface area (Å²) in [5.41, 5.74) is 3.56. The molecule has 1 aromatic heterocycles. The van der Waals surface area contributed by atoms with Crippen molar-refractivity contribution in [2.24, 2.45) is 0 Å². The molecule has 0 aliphatic carbocycles. The second-order valence-electron chi connectivity index (χ2n) is 8.09. The van der Waals surface area contributed by atoms with Gasteiger partial charge in [-0.3, -0.25) is 0 Å². The van der Waals surface area contributed by atoms with Crippen molar-refractivity contribution in [2.75, 3.05) is 0 Å². The zero-order chi connectivity index (χ0) is 21.8. The Morgan fingerprint density at radius 2 is 1.87 bits per heavy atom. The van der Waals surface area contributed by atoms with E-state index in [9.17, 15) is 9.90 Å². The molecule has 30 heavy (non-hydrogen) atoms. The molecule has 0 fully saturated rings. The van der Waals surface area contributed by atoms with Crippen LogP contribution in [0.4, 0.5) is 0 Å². The number of carboxylic acids is 1. The lowest BCUT2D eigenvalue weighted by Gasteiger charge is -2.35. The van der Waals surface area contributed by atoms with Gasteiger partial charge < -0.3 is 9.84 Å². The van der Waals surface area contributed by atoms with E-state index in [2.05, 4.69) is 11.1 Å². The predicted molar refractivity (Wildman–Crippen MR) is 117 cm³/mol. The van der Waals surface area contributed by atoms with E-state index in [1.165, 1.54) is 11.3 Å². The molecule has 1 N–H and O–H groups in total. The zero-order valence-electron chi connectivity index (χ0n) is 17.3. The van der Waals surface area contributed by atoms with Gasteiger partial charge in [0.25, 0.3) is 0 Å². The third-order valence-corrected chi connectivity index (χ3v) is 5.26. The molecule has 2 aromatic carbocycles. The highest BCUT2D eigenvalue weighted by Gasteiger charge is 2.46. The van der Waals surface area contributed by atoms with E-state index in [1.807, 2.05) is 69.3 Å². The number of nitriles is 1. The van der Waals surface area contributed by atoms with E-state index in [0.717, 1.165) is 22.3 Å². The van der Waals surface area contributed by atoms with Crippen LogP contribution in [0.15, 0.2) is 59.4 Å². The predicted octanol–water partition coefficient (Wildman–Crippen LogP) is 5.21. The quantitative estimate of drug-likeness (QED) is 0.567. The summed E-state index contributed by atoms with van der Waals surface area (Å²) in [7, 11) is 0. The Bertz CT molecular complexity index is 1050. The molecule has 3 aromatic rings. The fourth-order valence-corrected chi connectivity index (χ4v) is 4.09. The fraction of sp³-hybridized carbons (Fsp3) is 0.292. The van der Waals surface area contributed by atoms with E-state index < -0.39 is 17.2 Å². The van der Waals surface area contributed by atoms with E-state index in [0.29, 0.717) is 12.1 Å². The van der Waals surface area contributed by atoms with Gasteiger partial charge in [-0.05, 0) is 43.0 Å². The molecule has 0 bridgehead atoms. The van der Waals surface area contributed by atoms with Gasteiger partial charge in [-0.15, -0.1) is 11.3 Å². The third kappa shape index (κ3) is 4.76. The van der Waals surface area contributed by atoms with Gasteiger partial charge in [-0.25, -0.2) is 9.78 Å². The van der Waals surface area contributed by atoms with Crippen LogP contribution in [0.3, 0.4) is 0 Å². The first-order valence-electron chi connectivity index (χ1n) is 9.61. The Hall–Kier alpha value is -3.01. The number of hydrogen-bond acceptors (Lipinski definition) is 5. The summed E-state index contributed by atoms with van der Waals surface area (Å²) in [6.07, 6.45) is 0.493. The van der Waals surface area contributed by atoms with Crippen molar-refractivity contribution in [3.8, 4) is 17.2 Å². The molecule has 1 unspecified atom stereocenters. The summed E-state index contributed by atoms with van der Waals surface area (Å²) in [5, 5.41) is 21.0. The zero-order valence-corrected chi connectivity index (χ0v) is 18.1. The molecule has 1 heterocycles. The minimum Gasteiger partial charge on any atom is -0.479 e. The van der Waals surface area contributed by atoms with E-state index in [-0.39, 0.29) is 6.42 Å². The van der Waals surface area contributed by atoms with E-state index in [1.54, 1.807) is 10.9 Å². The van der Waals surface area contributed by atoms with Crippen molar-refractivity contribution in [3.05, 3.63) is 76.2 Å². The lowest BCUT2D eigenvalue weighted by Crippen LogP contribution is -2.46. The van der Waals surface area contributed by atoms with Crippen LogP contribution in [0, 0.1) is 11.3 Å². The molecule has 0 aliphatic rings. The molecule has 0 aliphatic heterocycles. The largest absolute Gasteiger partial charge is 0.479 e. The number of carbonyl (C=O) groups is 1. The first-order chi connectivity index (χ1) is 14.2. The summed E-state index contributed by atoms with van der Waals surface area (Å²) in [4.78, 5) is 16.7. The molecule has 0 saturated heterocycles. The van der Waals surface area contributed by atoms with Gasteiger partial charge in [0.2, 0.25) is 5.60 Å². The molecular weight excluding hydrogens is 396 g/mol. The number of carboxylic acid groups (broad SMARTS) is 1. The Kier molecular flexibility index (Phi) is 6.35. The van der Waals surface area contributed by atoms with Crippen LogP contribution in [0.25, 0.3) is 11.1 Å². The lowest BCUT2D eigenvalue weighted by atomic mass is 9.89. The SMILES string of the molecule is CC(C)(C)OC(Cc1ccc(-c2ccccc2CC#N)cc1)(C(=O)O)c1cscn1. The molecule has 154 valence electrons. The Morgan fingerprint density at radius 3 is 2.43 bits per heavy atom. The standard InChI is InChI=1S/C24H24N2O3S/c1-23(2,3)29-24(22(27)28,21-15-30-16-26-21)14-17-8-10-19(11-9-17)20-7-5-4-6-18(20)12-13-25/h4-11,15-16H,12,14H2,1-3H3,(H,27,28). The number of rotatable bonds is 7. The highest BCUT2D eigenvalue weighted by molar-refractivity contribution is 7.07. The second kappa shape index (κ2) is 8.78. The maximum atomic E-state index is 12.4. The van der Waals surface area contributed by atoms with Crippen LogP contribution >= 0.6 is 11.3 Å². The molecule has 1 atom stereocenters. The van der Waals surface area contributed by atoms with Crippen LogP contribution in [-0.4, -0.2) is 21.7 Å². The normalized spacial score (nSPS) is 13.4. The molecule has 5 nitrogen and oxygen atoms in total. The summed E-state index contributed by atoms with van der Waals surface area (Å²) in [6, 6.07) is 17.7. The van der Waals surface area contributed by atoms with Crippen LogP contribution in [0.2, 0.25) is 0 Å². The summed E-state index contributed by atoms with van der Waals surface area (Å²) < 4.78 is 6.11. The third-order valence-electron chi connectivity index (χ3n) is 4.68. The number of benzene rings is 2. The van der Waals surface area contributed by atoms with Gasteiger partial charge in [-0.1, -0.05) is 48.5 Å². The van der Waals surface area contributed by atoms with Gasteiger partial charge >= 0.3 is 5.97 Å². The highest BCUT2D eigenvalue weighted by Crippen LogP contribution is 2.35. The van der Waals surface area contributed by atoms with Gasteiger partial charge in [0.15, 0.2) is 0 Å². The van der Waals surface area contributed by atoms with Gasteiger partial charge in [-0.2, -0.15) is 5.26 Å². The maximum absolute atomic E-state index is 12.4.